The van der Waals surface area contributed by atoms with Crippen molar-refractivity contribution >= 4 is 11.4 Å². The maximum atomic E-state index is 13.4. The average Bonchev–Trinajstić information content (AvgIpc) is 2.92. The standard InChI is InChI=1S/C22H21F3N4/c1-13-6-7-16(21-14(2)27-29(5)15(21)3)10-20(13)28(4)18-9-8-17(12-26)19(11-18)22(23,24)25/h6-11H,1-5H3. The van der Waals surface area contributed by atoms with Crippen LogP contribution in [0.5, 0.6) is 0 Å². The monoisotopic (exact) mass is 398 g/mol. The summed E-state index contributed by atoms with van der Waals surface area (Å²) in [6.45, 7) is 5.82. The molecule has 0 N–H and O–H groups in total. The first-order valence-electron chi connectivity index (χ1n) is 9.01. The summed E-state index contributed by atoms with van der Waals surface area (Å²) in [4.78, 5) is 1.70. The first-order chi connectivity index (χ1) is 13.5. The topological polar surface area (TPSA) is 44.9 Å². The Morgan fingerprint density at radius 1 is 1.07 bits per heavy atom. The number of nitriles is 1. The fraction of sp³-hybridized carbons (Fsp3) is 0.273. The van der Waals surface area contributed by atoms with E-state index < -0.39 is 11.7 Å². The molecule has 1 heterocycles. The van der Waals surface area contributed by atoms with Gasteiger partial charge in [-0.15, -0.1) is 0 Å². The summed E-state index contributed by atoms with van der Waals surface area (Å²) in [5.41, 5.74) is 4.60. The van der Waals surface area contributed by atoms with E-state index >= 15 is 0 Å². The largest absolute Gasteiger partial charge is 0.417 e. The highest BCUT2D eigenvalue weighted by Gasteiger charge is 2.34. The zero-order valence-corrected chi connectivity index (χ0v) is 16.9. The van der Waals surface area contributed by atoms with E-state index in [1.807, 2.05) is 50.7 Å². The van der Waals surface area contributed by atoms with E-state index in [0.29, 0.717) is 5.69 Å². The second kappa shape index (κ2) is 7.28. The molecule has 0 atom stereocenters. The third kappa shape index (κ3) is 3.70. The predicted molar refractivity (Wildman–Crippen MR) is 107 cm³/mol. The smallest absolute Gasteiger partial charge is 0.344 e. The van der Waals surface area contributed by atoms with E-state index in [9.17, 15) is 13.2 Å². The summed E-state index contributed by atoms with van der Waals surface area (Å²) >= 11 is 0. The van der Waals surface area contributed by atoms with Crippen molar-refractivity contribution < 1.29 is 13.2 Å². The van der Waals surface area contributed by atoms with E-state index in [1.54, 1.807) is 18.0 Å². The number of aryl methyl sites for hydroxylation is 3. The highest BCUT2D eigenvalue weighted by Crippen LogP contribution is 2.38. The van der Waals surface area contributed by atoms with Crippen molar-refractivity contribution in [1.82, 2.24) is 9.78 Å². The number of aromatic nitrogens is 2. The summed E-state index contributed by atoms with van der Waals surface area (Å²) in [5, 5.41) is 13.5. The van der Waals surface area contributed by atoms with Gasteiger partial charge in [-0.3, -0.25) is 4.68 Å². The Morgan fingerprint density at radius 2 is 1.76 bits per heavy atom. The van der Waals surface area contributed by atoms with Crippen LogP contribution in [0.1, 0.15) is 28.1 Å². The van der Waals surface area contributed by atoms with Crippen LogP contribution in [0.15, 0.2) is 36.4 Å². The van der Waals surface area contributed by atoms with E-state index in [-0.39, 0.29) is 5.56 Å². The van der Waals surface area contributed by atoms with Gasteiger partial charge in [-0.25, -0.2) is 0 Å². The molecular weight excluding hydrogens is 377 g/mol. The minimum atomic E-state index is -4.59. The lowest BCUT2D eigenvalue weighted by Crippen LogP contribution is -2.14. The Bertz CT molecular complexity index is 1120. The van der Waals surface area contributed by atoms with Gasteiger partial charge in [0.1, 0.15) is 0 Å². The molecule has 0 fully saturated rings. The maximum absolute atomic E-state index is 13.4. The van der Waals surface area contributed by atoms with Gasteiger partial charge in [-0.2, -0.15) is 23.5 Å². The highest BCUT2D eigenvalue weighted by atomic mass is 19.4. The predicted octanol–water partition coefficient (Wildman–Crippen LogP) is 5.67. The number of nitrogens with zero attached hydrogens (tertiary/aromatic N) is 4. The molecule has 0 aliphatic rings. The zero-order valence-electron chi connectivity index (χ0n) is 16.9. The second-order valence-corrected chi connectivity index (χ2v) is 7.07. The molecule has 0 aliphatic carbocycles. The van der Waals surface area contributed by atoms with Crippen LogP contribution in [0.3, 0.4) is 0 Å². The third-order valence-corrected chi connectivity index (χ3v) is 5.18. The number of halogens is 3. The van der Waals surface area contributed by atoms with Gasteiger partial charge in [-0.05, 0) is 56.2 Å². The third-order valence-electron chi connectivity index (χ3n) is 5.18. The number of anilines is 2. The summed E-state index contributed by atoms with van der Waals surface area (Å²) in [5.74, 6) is 0. The molecule has 1 aromatic heterocycles. The minimum absolute atomic E-state index is 0.358. The number of hydrogen-bond donors (Lipinski definition) is 0. The number of benzene rings is 2. The lowest BCUT2D eigenvalue weighted by molar-refractivity contribution is -0.137. The van der Waals surface area contributed by atoms with E-state index in [1.165, 1.54) is 12.1 Å². The molecule has 0 spiro atoms. The Kier molecular flexibility index (Phi) is 5.14. The molecule has 4 nitrogen and oxygen atoms in total. The van der Waals surface area contributed by atoms with E-state index in [4.69, 9.17) is 5.26 Å². The molecule has 0 radical (unpaired) electrons. The van der Waals surface area contributed by atoms with Crippen LogP contribution in [-0.2, 0) is 13.2 Å². The molecule has 150 valence electrons. The van der Waals surface area contributed by atoms with Crippen LogP contribution in [-0.4, -0.2) is 16.8 Å². The lowest BCUT2D eigenvalue weighted by Gasteiger charge is -2.24. The first-order valence-corrected chi connectivity index (χ1v) is 9.01. The normalized spacial score (nSPS) is 11.4. The molecule has 29 heavy (non-hydrogen) atoms. The SMILES string of the molecule is Cc1ccc(-c2c(C)nn(C)c2C)cc1N(C)c1ccc(C#N)c(C(F)(F)F)c1. The van der Waals surface area contributed by atoms with Crippen molar-refractivity contribution in [3.63, 3.8) is 0 Å². The Labute approximate surface area is 167 Å². The van der Waals surface area contributed by atoms with Crippen molar-refractivity contribution in [3.05, 3.63) is 64.5 Å². The lowest BCUT2D eigenvalue weighted by atomic mass is 10.00. The number of alkyl halides is 3. The molecule has 0 saturated carbocycles. The molecule has 0 aliphatic heterocycles. The first kappa shape index (κ1) is 20.5. The quantitative estimate of drug-likeness (QED) is 0.571. The molecular formula is C22H21F3N4. The van der Waals surface area contributed by atoms with Gasteiger partial charge in [-0.1, -0.05) is 12.1 Å². The Hall–Kier alpha value is -3.27. The Morgan fingerprint density at radius 3 is 2.31 bits per heavy atom. The van der Waals surface area contributed by atoms with Gasteiger partial charge < -0.3 is 4.90 Å². The van der Waals surface area contributed by atoms with Crippen LogP contribution in [0.4, 0.5) is 24.5 Å². The van der Waals surface area contributed by atoms with Crippen LogP contribution < -0.4 is 4.90 Å². The average molecular weight is 398 g/mol. The highest BCUT2D eigenvalue weighted by molar-refractivity contribution is 5.76. The van der Waals surface area contributed by atoms with Gasteiger partial charge in [0.05, 0.1) is 22.9 Å². The molecule has 0 saturated heterocycles. The molecule has 0 unspecified atom stereocenters. The molecule has 7 heteroatoms. The summed E-state index contributed by atoms with van der Waals surface area (Å²) in [6, 6.07) is 11.3. The van der Waals surface area contributed by atoms with E-state index in [0.717, 1.165) is 39.8 Å². The van der Waals surface area contributed by atoms with Gasteiger partial charge in [0, 0.05) is 36.7 Å². The van der Waals surface area contributed by atoms with Gasteiger partial charge in [0.15, 0.2) is 0 Å². The number of hydrogen-bond acceptors (Lipinski definition) is 3. The molecule has 0 amide bonds. The van der Waals surface area contributed by atoms with Crippen molar-refractivity contribution in [2.75, 3.05) is 11.9 Å². The molecule has 0 bridgehead atoms. The van der Waals surface area contributed by atoms with Crippen molar-refractivity contribution in [1.29, 1.82) is 5.26 Å². The van der Waals surface area contributed by atoms with Crippen LogP contribution in [0.25, 0.3) is 11.1 Å². The molecule has 2 aromatic carbocycles. The number of rotatable bonds is 3. The summed E-state index contributed by atoms with van der Waals surface area (Å²) < 4.78 is 41.9. The zero-order chi connectivity index (χ0) is 21.5. The summed E-state index contributed by atoms with van der Waals surface area (Å²) in [7, 11) is 3.60. The van der Waals surface area contributed by atoms with Crippen LogP contribution in [0.2, 0.25) is 0 Å². The summed E-state index contributed by atoms with van der Waals surface area (Å²) in [6.07, 6.45) is -4.59. The minimum Gasteiger partial charge on any atom is -0.344 e. The van der Waals surface area contributed by atoms with Crippen molar-refractivity contribution in [2.24, 2.45) is 7.05 Å². The van der Waals surface area contributed by atoms with Crippen LogP contribution in [0, 0.1) is 32.1 Å². The maximum Gasteiger partial charge on any atom is 0.417 e. The van der Waals surface area contributed by atoms with Crippen molar-refractivity contribution in [2.45, 2.75) is 26.9 Å². The van der Waals surface area contributed by atoms with Crippen LogP contribution >= 0.6 is 0 Å². The van der Waals surface area contributed by atoms with Gasteiger partial charge in [0.25, 0.3) is 0 Å². The molecule has 3 rings (SSSR count). The van der Waals surface area contributed by atoms with E-state index in [2.05, 4.69) is 5.10 Å². The fourth-order valence-electron chi connectivity index (χ4n) is 3.53. The Balaban J connectivity index is 2.11. The van der Waals surface area contributed by atoms with Gasteiger partial charge >= 0.3 is 6.18 Å². The van der Waals surface area contributed by atoms with Gasteiger partial charge in [0.2, 0.25) is 0 Å². The van der Waals surface area contributed by atoms with Crippen molar-refractivity contribution in [3.8, 4) is 17.2 Å². The second-order valence-electron chi connectivity index (χ2n) is 7.07. The molecule has 3 aromatic rings. The fourth-order valence-corrected chi connectivity index (χ4v) is 3.53.